The molecule has 4 N–H and O–H groups in total. The Bertz CT molecular complexity index is 850. The molecule has 2 atom stereocenters. The van der Waals surface area contributed by atoms with Crippen LogP contribution in [0.25, 0.3) is 6.08 Å². The molecule has 3 rings (SSSR count). The van der Waals surface area contributed by atoms with Crippen molar-refractivity contribution in [1.29, 1.82) is 0 Å². The lowest BCUT2D eigenvalue weighted by Crippen LogP contribution is -2.47. The fourth-order valence-corrected chi connectivity index (χ4v) is 4.18. The van der Waals surface area contributed by atoms with Crippen LogP contribution in [0.15, 0.2) is 37.4 Å². The van der Waals surface area contributed by atoms with Gasteiger partial charge in [0.15, 0.2) is 0 Å². The molecule has 7 heteroatoms. The number of hydrogen-bond acceptors (Lipinski definition) is 4. The summed E-state index contributed by atoms with van der Waals surface area (Å²) in [5.74, 6) is -1.02. The summed E-state index contributed by atoms with van der Waals surface area (Å²) in [5, 5.41) is 6.00. The highest BCUT2D eigenvalue weighted by molar-refractivity contribution is 6.08. The zero-order valence-corrected chi connectivity index (χ0v) is 16.6. The van der Waals surface area contributed by atoms with Crippen LogP contribution < -0.4 is 16.4 Å². The van der Waals surface area contributed by atoms with E-state index < -0.39 is 17.4 Å². The van der Waals surface area contributed by atoms with Gasteiger partial charge in [0.05, 0.1) is 12.0 Å². The third kappa shape index (κ3) is 3.96. The van der Waals surface area contributed by atoms with Crippen LogP contribution in [0.4, 0.5) is 5.69 Å². The van der Waals surface area contributed by atoms with Crippen molar-refractivity contribution >= 4 is 29.5 Å². The van der Waals surface area contributed by atoms with E-state index in [1.54, 1.807) is 6.08 Å². The number of amides is 3. The van der Waals surface area contributed by atoms with Gasteiger partial charge in [0.2, 0.25) is 17.7 Å². The molecule has 0 bridgehead atoms. The van der Waals surface area contributed by atoms with Gasteiger partial charge in [0.25, 0.3) is 0 Å². The second-order valence-electron chi connectivity index (χ2n) is 7.65. The minimum absolute atomic E-state index is 0.106. The molecule has 154 valence electrons. The van der Waals surface area contributed by atoms with Crippen molar-refractivity contribution < 1.29 is 14.4 Å². The maximum Gasteiger partial charge on any atom is 0.240 e. The summed E-state index contributed by atoms with van der Waals surface area (Å²) >= 11 is 0. The first-order valence-electron chi connectivity index (χ1n) is 9.92. The largest absolute Gasteiger partial charge is 0.368 e. The molecule has 7 nitrogen and oxygen atoms in total. The van der Waals surface area contributed by atoms with Gasteiger partial charge in [-0.1, -0.05) is 24.8 Å². The molecular weight excluding hydrogens is 368 g/mol. The first-order valence-corrected chi connectivity index (χ1v) is 9.92. The molecule has 2 heterocycles. The molecule has 0 unspecified atom stereocenters. The molecule has 0 radical (unpaired) electrons. The smallest absolute Gasteiger partial charge is 0.240 e. The van der Waals surface area contributed by atoms with E-state index >= 15 is 0 Å². The topological polar surface area (TPSA) is 105 Å². The van der Waals surface area contributed by atoms with Gasteiger partial charge in [-0.2, -0.15) is 0 Å². The number of benzene rings is 1. The van der Waals surface area contributed by atoms with Crippen LogP contribution in [0, 0.1) is 0 Å². The van der Waals surface area contributed by atoms with Crippen LogP contribution in [-0.4, -0.2) is 48.3 Å². The Morgan fingerprint density at radius 2 is 2.14 bits per heavy atom. The number of nitrogens with two attached hydrogens (primary N) is 1. The van der Waals surface area contributed by atoms with Crippen molar-refractivity contribution in [3.8, 4) is 0 Å². The monoisotopic (exact) mass is 396 g/mol. The fraction of sp³-hybridized carbons (Fsp3) is 0.409. The van der Waals surface area contributed by atoms with Crippen LogP contribution in [0.1, 0.15) is 36.8 Å². The number of allylic oxidation sites excluding steroid dienone is 1. The minimum atomic E-state index is -0.965. The van der Waals surface area contributed by atoms with Crippen molar-refractivity contribution in [2.45, 2.75) is 37.1 Å². The summed E-state index contributed by atoms with van der Waals surface area (Å²) in [6.45, 7) is 8.41. The highest BCUT2D eigenvalue weighted by atomic mass is 16.2. The van der Waals surface area contributed by atoms with Gasteiger partial charge < -0.3 is 21.3 Å². The van der Waals surface area contributed by atoms with E-state index in [1.807, 2.05) is 24.3 Å². The lowest BCUT2D eigenvalue weighted by Gasteiger charge is -2.24. The zero-order chi connectivity index (χ0) is 21.0. The van der Waals surface area contributed by atoms with E-state index in [4.69, 9.17) is 5.73 Å². The molecule has 1 aromatic carbocycles. The van der Waals surface area contributed by atoms with Crippen LogP contribution >= 0.6 is 0 Å². The summed E-state index contributed by atoms with van der Waals surface area (Å²) in [6.07, 6.45) is 6.64. The number of primary amides is 1. The van der Waals surface area contributed by atoms with Gasteiger partial charge in [-0.05, 0) is 55.5 Å². The molecule has 29 heavy (non-hydrogen) atoms. The van der Waals surface area contributed by atoms with Gasteiger partial charge in [-0.3, -0.25) is 14.4 Å². The number of rotatable bonds is 9. The molecule has 2 aliphatic heterocycles. The summed E-state index contributed by atoms with van der Waals surface area (Å²) in [4.78, 5) is 39.3. The molecular formula is C22H28N4O3. The number of carbonyl (C=O) groups is 3. The second-order valence-corrected chi connectivity index (χ2v) is 7.65. The average molecular weight is 396 g/mol. The molecule has 1 fully saturated rings. The third-order valence-corrected chi connectivity index (χ3v) is 5.77. The minimum Gasteiger partial charge on any atom is -0.368 e. The molecule has 0 aliphatic carbocycles. The molecule has 0 saturated carbocycles. The average Bonchev–Trinajstić information content (AvgIpc) is 3.24. The molecule has 3 amide bonds. The van der Waals surface area contributed by atoms with Gasteiger partial charge >= 0.3 is 0 Å². The van der Waals surface area contributed by atoms with Crippen LogP contribution in [0.2, 0.25) is 0 Å². The Morgan fingerprint density at radius 3 is 2.83 bits per heavy atom. The normalized spacial score (nSPS) is 22.4. The van der Waals surface area contributed by atoms with Crippen LogP contribution in [0.3, 0.4) is 0 Å². The van der Waals surface area contributed by atoms with Gasteiger partial charge in [0.1, 0.15) is 6.04 Å². The molecule has 2 aliphatic rings. The first kappa shape index (κ1) is 20.8. The number of unbranched alkanes of at least 4 members (excludes halogenated alkanes) is 2. The fourth-order valence-electron chi connectivity index (χ4n) is 4.18. The standard InChI is InChI=1S/C22H28N4O3/c1-3-5-6-7-10-24-13-19(27)26-14-22(12-18(26)20(23)28)16-11-15(4-2)8-9-17(16)25-21(22)29/h3-4,8-9,11,18,24H,1-2,5-7,10,12-14H2,(H2,23,28)(H,25,29)/t18-,22-/m0/s1. The number of nitrogens with one attached hydrogen (secondary N) is 2. The van der Waals surface area contributed by atoms with E-state index in [2.05, 4.69) is 23.8 Å². The van der Waals surface area contributed by atoms with Crippen molar-refractivity contribution in [3.05, 3.63) is 48.6 Å². The first-order chi connectivity index (χ1) is 13.9. The van der Waals surface area contributed by atoms with E-state index in [0.29, 0.717) is 12.2 Å². The molecule has 1 aromatic rings. The van der Waals surface area contributed by atoms with Crippen LogP contribution in [-0.2, 0) is 19.8 Å². The third-order valence-electron chi connectivity index (χ3n) is 5.77. The summed E-state index contributed by atoms with van der Waals surface area (Å²) in [7, 11) is 0. The highest BCUT2D eigenvalue weighted by Crippen LogP contribution is 2.46. The predicted molar refractivity (Wildman–Crippen MR) is 113 cm³/mol. The predicted octanol–water partition coefficient (Wildman–Crippen LogP) is 1.55. The number of carbonyl (C=O) groups excluding carboxylic acids is 3. The van der Waals surface area contributed by atoms with Crippen molar-refractivity contribution in [2.24, 2.45) is 5.73 Å². The highest BCUT2D eigenvalue weighted by Gasteiger charge is 2.57. The second kappa shape index (κ2) is 8.61. The lowest BCUT2D eigenvalue weighted by atomic mass is 9.79. The van der Waals surface area contributed by atoms with Crippen molar-refractivity contribution in [2.75, 3.05) is 25.0 Å². The van der Waals surface area contributed by atoms with Gasteiger partial charge in [0, 0.05) is 12.2 Å². The maximum atomic E-state index is 12.9. The Hall–Kier alpha value is -2.93. The number of nitrogens with zero attached hydrogens (tertiary/aromatic N) is 1. The number of likely N-dealkylation sites (tertiary alicyclic amines) is 1. The zero-order valence-electron chi connectivity index (χ0n) is 16.6. The van der Waals surface area contributed by atoms with E-state index in [-0.39, 0.29) is 31.3 Å². The summed E-state index contributed by atoms with van der Waals surface area (Å²) < 4.78 is 0. The van der Waals surface area contributed by atoms with Gasteiger partial charge in [-0.25, -0.2) is 0 Å². The SMILES string of the molecule is C=CCCCCNCC(=O)N1C[C@]2(C[C@H]1C(N)=O)C(=O)Nc1ccc(C=C)cc12. The Morgan fingerprint density at radius 1 is 1.34 bits per heavy atom. The molecule has 1 spiro atoms. The van der Waals surface area contributed by atoms with E-state index in [0.717, 1.165) is 30.4 Å². The Labute approximate surface area is 171 Å². The Balaban J connectivity index is 1.77. The van der Waals surface area contributed by atoms with Gasteiger partial charge in [-0.15, -0.1) is 6.58 Å². The number of anilines is 1. The van der Waals surface area contributed by atoms with E-state index in [1.165, 1.54) is 4.90 Å². The lowest BCUT2D eigenvalue weighted by molar-refractivity contribution is -0.136. The Kier molecular flexibility index (Phi) is 6.17. The number of hydrogen-bond donors (Lipinski definition) is 3. The summed E-state index contributed by atoms with van der Waals surface area (Å²) in [6, 6.07) is 4.77. The molecule has 0 aromatic heterocycles. The van der Waals surface area contributed by atoms with Crippen molar-refractivity contribution in [3.63, 3.8) is 0 Å². The summed E-state index contributed by atoms with van der Waals surface area (Å²) in [5.41, 5.74) is 7.01. The molecule has 1 saturated heterocycles. The maximum absolute atomic E-state index is 12.9. The van der Waals surface area contributed by atoms with Crippen molar-refractivity contribution in [1.82, 2.24) is 10.2 Å². The quantitative estimate of drug-likeness (QED) is 0.435. The number of fused-ring (bicyclic) bond motifs is 2. The van der Waals surface area contributed by atoms with Crippen LogP contribution in [0.5, 0.6) is 0 Å². The van der Waals surface area contributed by atoms with E-state index in [9.17, 15) is 14.4 Å².